The highest BCUT2D eigenvalue weighted by Gasteiger charge is 2.26. The number of fused-ring (bicyclic) bond motifs is 2. The predicted octanol–water partition coefficient (Wildman–Crippen LogP) is 4.08. The lowest BCUT2D eigenvalue weighted by Crippen LogP contribution is -2.23. The number of esters is 1. The number of halogens is 4. The molecule has 1 aliphatic rings. The molecule has 3 aromatic rings. The third-order valence-corrected chi connectivity index (χ3v) is 4.83. The molecule has 1 N–H and O–H groups in total. The Hall–Kier alpha value is -3.49. The van der Waals surface area contributed by atoms with Gasteiger partial charge in [0.05, 0.1) is 11.1 Å². The summed E-state index contributed by atoms with van der Waals surface area (Å²) >= 11 is 0. The minimum Gasteiger partial charge on any atom is -0.452 e. The van der Waals surface area contributed by atoms with Crippen LogP contribution in [0.5, 0.6) is 0 Å². The number of benzene rings is 2. The number of hydrogen-bond acceptors (Lipinski definition) is 4. The predicted molar refractivity (Wildman–Crippen MR) is 99.0 cm³/mol. The molecule has 5 nitrogen and oxygen atoms in total. The summed E-state index contributed by atoms with van der Waals surface area (Å²) in [5.74, 6) is -8.80. The van der Waals surface area contributed by atoms with E-state index in [4.69, 9.17) is 4.74 Å². The molecule has 0 spiro atoms. The quantitative estimate of drug-likeness (QED) is 0.394. The van der Waals surface area contributed by atoms with E-state index < -0.39 is 47.4 Å². The number of nitrogens with zero attached hydrogens (tertiary/aromatic N) is 1. The van der Waals surface area contributed by atoms with Gasteiger partial charge < -0.3 is 10.1 Å². The molecule has 0 unspecified atom stereocenters. The molecule has 0 radical (unpaired) electrons. The van der Waals surface area contributed by atoms with Gasteiger partial charge >= 0.3 is 5.97 Å². The van der Waals surface area contributed by atoms with Gasteiger partial charge in [0.25, 0.3) is 5.91 Å². The van der Waals surface area contributed by atoms with E-state index in [1.165, 1.54) is 0 Å². The summed E-state index contributed by atoms with van der Waals surface area (Å²) in [4.78, 5) is 29.3. The first-order valence-electron chi connectivity index (χ1n) is 9.07. The minimum atomic E-state index is -1.76. The van der Waals surface area contributed by atoms with Gasteiger partial charge in [-0.25, -0.2) is 22.4 Å². The van der Waals surface area contributed by atoms with Crippen LogP contribution in [0.1, 0.15) is 28.0 Å². The van der Waals surface area contributed by atoms with Gasteiger partial charge in [0.1, 0.15) is 5.69 Å². The van der Waals surface area contributed by atoms with E-state index >= 15 is 0 Å². The van der Waals surface area contributed by atoms with Gasteiger partial charge in [0, 0.05) is 17.1 Å². The molecule has 0 fully saturated rings. The van der Waals surface area contributed by atoms with Crippen molar-refractivity contribution in [1.82, 2.24) is 4.98 Å². The number of nitrogens with one attached hydrogen (secondary N) is 1. The second-order valence-corrected chi connectivity index (χ2v) is 6.75. The van der Waals surface area contributed by atoms with Gasteiger partial charge in [-0.3, -0.25) is 9.78 Å². The second kappa shape index (κ2) is 7.74. The minimum absolute atomic E-state index is 0.0233. The number of amides is 1. The monoisotopic (exact) mass is 418 g/mol. The van der Waals surface area contributed by atoms with Crippen LogP contribution in [0.15, 0.2) is 30.3 Å². The fraction of sp³-hybridized carbons (Fsp3) is 0.190. The molecule has 154 valence electrons. The van der Waals surface area contributed by atoms with Crippen molar-refractivity contribution in [3.8, 4) is 0 Å². The molecule has 0 atom stereocenters. The molecule has 2 aromatic carbocycles. The van der Waals surface area contributed by atoms with Crippen molar-refractivity contribution in [1.29, 1.82) is 0 Å². The van der Waals surface area contributed by atoms with Crippen molar-refractivity contribution in [3.63, 3.8) is 0 Å². The molecule has 9 heteroatoms. The van der Waals surface area contributed by atoms with Gasteiger partial charge in [-0.1, -0.05) is 18.2 Å². The third kappa shape index (κ3) is 3.47. The number of pyridine rings is 1. The third-order valence-electron chi connectivity index (χ3n) is 4.83. The number of aromatic nitrogens is 1. The second-order valence-electron chi connectivity index (χ2n) is 6.75. The Balaban J connectivity index is 1.55. The Morgan fingerprint density at radius 2 is 1.73 bits per heavy atom. The van der Waals surface area contributed by atoms with Gasteiger partial charge in [-0.2, -0.15) is 0 Å². The lowest BCUT2D eigenvalue weighted by atomic mass is 10.0. The average Bonchev–Trinajstić information content (AvgIpc) is 3.19. The molecule has 0 aliphatic heterocycles. The van der Waals surface area contributed by atoms with Gasteiger partial charge in [0.2, 0.25) is 0 Å². The number of rotatable bonds is 4. The summed E-state index contributed by atoms with van der Waals surface area (Å²) in [6, 6.07) is 6.99. The van der Waals surface area contributed by atoms with Crippen LogP contribution >= 0.6 is 0 Å². The van der Waals surface area contributed by atoms with Crippen molar-refractivity contribution < 1.29 is 31.9 Å². The number of anilines is 1. The number of aryl methyl sites for hydroxylation is 1. The maximum atomic E-state index is 13.7. The Labute approximate surface area is 167 Å². The van der Waals surface area contributed by atoms with Crippen molar-refractivity contribution in [2.75, 3.05) is 11.9 Å². The summed E-state index contributed by atoms with van der Waals surface area (Å²) in [6.45, 7) is -0.902. The first-order chi connectivity index (χ1) is 14.4. The number of carbonyl (C=O) groups is 2. The maximum Gasteiger partial charge on any atom is 0.339 e. The standard InChI is InChI=1S/C21H14F4N2O3/c22-12-8-13(23)19(25)20(18(12)24)27-16(28)9-30-21(29)17-10-4-1-2-6-14(10)26-15-7-3-5-11(15)17/h1-2,4,6,8H,3,5,7,9H2,(H,27,28). The topological polar surface area (TPSA) is 68.3 Å². The van der Waals surface area contributed by atoms with Crippen LogP contribution in [-0.4, -0.2) is 23.5 Å². The Bertz CT molecular complexity index is 1170. The Morgan fingerprint density at radius 1 is 1.03 bits per heavy atom. The van der Waals surface area contributed by atoms with E-state index in [9.17, 15) is 27.2 Å². The van der Waals surface area contributed by atoms with E-state index in [-0.39, 0.29) is 11.6 Å². The molecular weight excluding hydrogens is 404 g/mol. The summed E-state index contributed by atoms with van der Waals surface area (Å²) in [5.41, 5.74) is 1.13. The van der Waals surface area contributed by atoms with Crippen LogP contribution in [0.2, 0.25) is 0 Å². The molecule has 30 heavy (non-hydrogen) atoms. The van der Waals surface area contributed by atoms with Crippen LogP contribution < -0.4 is 5.32 Å². The van der Waals surface area contributed by atoms with Crippen molar-refractivity contribution in [2.24, 2.45) is 0 Å². The highest BCUT2D eigenvalue weighted by Crippen LogP contribution is 2.30. The van der Waals surface area contributed by atoms with E-state index in [1.807, 2.05) is 0 Å². The highest BCUT2D eigenvalue weighted by atomic mass is 19.2. The molecule has 0 saturated carbocycles. The number of carbonyl (C=O) groups excluding carboxylic acids is 2. The first-order valence-corrected chi connectivity index (χ1v) is 9.07. The van der Waals surface area contributed by atoms with Gasteiger partial charge in [-0.05, 0) is 30.9 Å². The maximum absolute atomic E-state index is 13.7. The molecule has 4 rings (SSSR count). The Kier molecular flexibility index (Phi) is 5.11. The number of hydrogen-bond donors (Lipinski definition) is 1. The molecular formula is C21H14F4N2O3. The molecule has 1 amide bonds. The van der Waals surface area contributed by atoms with Gasteiger partial charge in [0.15, 0.2) is 29.9 Å². The number of ether oxygens (including phenoxy) is 1. The zero-order valence-corrected chi connectivity index (χ0v) is 15.4. The number of para-hydroxylation sites is 1. The van der Waals surface area contributed by atoms with Crippen molar-refractivity contribution in [2.45, 2.75) is 19.3 Å². The van der Waals surface area contributed by atoms with Crippen LogP contribution in [-0.2, 0) is 22.4 Å². The highest BCUT2D eigenvalue weighted by molar-refractivity contribution is 6.06. The van der Waals surface area contributed by atoms with E-state index in [0.29, 0.717) is 23.7 Å². The summed E-state index contributed by atoms with van der Waals surface area (Å²) in [5, 5.41) is 2.26. The normalized spacial score (nSPS) is 12.7. The SMILES string of the molecule is O=C(COC(=O)c1c2c(nc3ccccc13)CCC2)Nc1c(F)c(F)cc(F)c1F. The molecule has 0 saturated heterocycles. The summed E-state index contributed by atoms with van der Waals surface area (Å²) < 4.78 is 58.9. The smallest absolute Gasteiger partial charge is 0.339 e. The van der Waals surface area contributed by atoms with Crippen LogP contribution in [0.3, 0.4) is 0 Å². The zero-order valence-electron chi connectivity index (χ0n) is 15.4. The summed E-state index contributed by atoms with van der Waals surface area (Å²) in [6.07, 6.45) is 2.16. The fourth-order valence-corrected chi connectivity index (χ4v) is 3.51. The molecule has 1 aromatic heterocycles. The van der Waals surface area contributed by atoms with Gasteiger partial charge in [-0.15, -0.1) is 0 Å². The molecule has 1 heterocycles. The van der Waals surface area contributed by atoms with Crippen LogP contribution in [0.25, 0.3) is 10.9 Å². The lowest BCUT2D eigenvalue weighted by Gasteiger charge is -2.13. The average molecular weight is 418 g/mol. The first kappa shape index (κ1) is 19.8. The van der Waals surface area contributed by atoms with E-state index in [0.717, 1.165) is 17.7 Å². The largest absolute Gasteiger partial charge is 0.452 e. The fourth-order valence-electron chi connectivity index (χ4n) is 3.51. The van der Waals surface area contributed by atoms with E-state index in [1.54, 1.807) is 29.6 Å². The Morgan fingerprint density at radius 3 is 2.47 bits per heavy atom. The van der Waals surface area contributed by atoms with Crippen molar-refractivity contribution in [3.05, 3.63) is 70.4 Å². The van der Waals surface area contributed by atoms with Crippen LogP contribution in [0.4, 0.5) is 23.2 Å². The molecule has 1 aliphatic carbocycles. The zero-order chi connectivity index (χ0) is 21.4. The van der Waals surface area contributed by atoms with Crippen molar-refractivity contribution >= 4 is 28.5 Å². The summed E-state index contributed by atoms with van der Waals surface area (Å²) in [7, 11) is 0. The lowest BCUT2D eigenvalue weighted by molar-refractivity contribution is -0.119. The van der Waals surface area contributed by atoms with Crippen LogP contribution in [0, 0.1) is 23.3 Å². The molecule has 0 bridgehead atoms. The van der Waals surface area contributed by atoms with E-state index in [2.05, 4.69) is 4.98 Å².